The maximum absolute atomic E-state index is 13.6. The van der Waals surface area contributed by atoms with E-state index in [1.54, 1.807) is 11.5 Å². The van der Waals surface area contributed by atoms with Gasteiger partial charge in [-0.2, -0.15) is 13.2 Å². The topological polar surface area (TPSA) is 34.0 Å². The summed E-state index contributed by atoms with van der Waals surface area (Å²) in [6, 6.07) is 8.28. The van der Waals surface area contributed by atoms with Crippen LogP contribution in [0.15, 0.2) is 42.5 Å². The van der Waals surface area contributed by atoms with Crippen LogP contribution in [0.4, 0.5) is 22.0 Å². The lowest BCUT2D eigenvalue weighted by molar-refractivity contribution is -0.137. The predicted molar refractivity (Wildman–Crippen MR) is 107 cm³/mol. The van der Waals surface area contributed by atoms with Gasteiger partial charge in [-0.15, -0.1) is 0 Å². The summed E-state index contributed by atoms with van der Waals surface area (Å²) in [5.41, 5.74) is 2.69. The number of alkyl halides is 3. The van der Waals surface area contributed by atoms with E-state index in [0.717, 1.165) is 35.5 Å². The quantitative estimate of drug-likeness (QED) is 0.513. The second-order valence-electron chi connectivity index (χ2n) is 7.40. The van der Waals surface area contributed by atoms with Crippen LogP contribution in [0.25, 0.3) is 0 Å². The van der Waals surface area contributed by atoms with Crippen LogP contribution < -0.4 is 5.32 Å². The van der Waals surface area contributed by atoms with E-state index < -0.39 is 29.3 Å². The molecule has 1 aromatic heterocycles. The SMILES string of the molecule is Cc1c(C)c(C(=O)NCc2cccc(C(F)(F)F)c2)n(Cc2ccc(F)c(F)c2)c1C. The van der Waals surface area contributed by atoms with Gasteiger partial charge in [0.2, 0.25) is 0 Å². The summed E-state index contributed by atoms with van der Waals surface area (Å²) < 4.78 is 67.3. The Labute approximate surface area is 176 Å². The Hall–Kier alpha value is -3.16. The summed E-state index contributed by atoms with van der Waals surface area (Å²) in [5.74, 6) is -2.40. The zero-order chi connectivity index (χ0) is 22.9. The molecule has 0 spiro atoms. The summed E-state index contributed by atoms with van der Waals surface area (Å²) in [6.45, 7) is 5.48. The van der Waals surface area contributed by atoms with Gasteiger partial charge in [0, 0.05) is 18.8 Å². The lowest BCUT2D eigenvalue weighted by atomic mass is 10.1. The molecule has 8 heteroatoms. The van der Waals surface area contributed by atoms with Crippen molar-refractivity contribution >= 4 is 5.91 Å². The van der Waals surface area contributed by atoms with Gasteiger partial charge >= 0.3 is 6.18 Å². The molecule has 3 rings (SSSR count). The van der Waals surface area contributed by atoms with Gasteiger partial charge in [-0.1, -0.05) is 18.2 Å². The van der Waals surface area contributed by atoms with Crippen molar-refractivity contribution in [1.82, 2.24) is 9.88 Å². The predicted octanol–water partition coefficient (Wildman–Crippen LogP) is 5.69. The molecular formula is C23H21F5N2O. The van der Waals surface area contributed by atoms with Crippen LogP contribution >= 0.6 is 0 Å². The normalized spacial score (nSPS) is 11.6. The highest BCUT2D eigenvalue weighted by atomic mass is 19.4. The van der Waals surface area contributed by atoms with Crippen molar-refractivity contribution in [3.8, 4) is 0 Å². The Kier molecular flexibility index (Phi) is 6.20. The molecule has 0 saturated carbocycles. The lowest BCUT2D eigenvalue weighted by Crippen LogP contribution is -2.27. The van der Waals surface area contributed by atoms with Crippen LogP contribution in [0.2, 0.25) is 0 Å². The summed E-state index contributed by atoms with van der Waals surface area (Å²) >= 11 is 0. The zero-order valence-corrected chi connectivity index (χ0v) is 17.2. The minimum Gasteiger partial charge on any atom is -0.347 e. The zero-order valence-electron chi connectivity index (χ0n) is 17.2. The average Bonchev–Trinajstić information content (AvgIpc) is 2.92. The van der Waals surface area contributed by atoms with E-state index in [1.807, 2.05) is 13.8 Å². The van der Waals surface area contributed by atoms with Crippen LogP contribution in [0, 0.1) is 32.4 Å². The monoisotopic (exact) mass is 436 g/mol. The number of nitrogens with zero attached hydrogens (tertiary/aromatic N) is 1. The van der Waals surface area contributed by atoms with Crippen molar-refractivity contribution in [3.05, 3.63) is 93.3 Å². The van der Waals surface area contributed by atoms with Gasteiger partial charge in [0.25, 0.3) is 5.91 Å². The minimum atomic E-state index is -4.47. The highest BCUT2D eigenvalue weighted by molar-refractivity contribution is 5.95. The average molecular weight is 436 g/mol. The van der Waals surface area contributed by atoms with Crippen LogP contribution in [0.1, 0.15) is 44.0 Å². The summed E-state index contributed by atoms with van der Waals surface area (Å²) in [7, 11) is 0. The number of aromatic nitrogens is 1. The van der Waals surface area contributed by atoms with Gasteiger partial charge < -0.3 is 9.88 Å². The first-order valence-corrected chi connectivity index (χ1v) is 9.53. The number of carbonyl (C=O) groups is 1. The minimum absolute atomic E-state index is 0.0867. The maximum Gasteiger partial charge on any atom is 0.416 e. The lowest BCUT2D eigenvalue weighted by Gasteiger charge is -2.14. The van der Waals surface area contributed by atoms with E-state index in [1.165, 1.54) is 18.2 Å². The largest absolute Gasteiger partial charge is 0.416 e. The molecule has 0 bridgehead atoms. The first-order valence-electron chi connectivity index (χ1n) is 9.53. The molecule has 1 N–H and O–H groups in total. The van der Waals surface area contributed by atoms with Gasteiger partial charge in [0.1, 0.15) is 5.69 Å². The number of hydrogen-bond acceptors (Lipinski definition) is 1. The number of benzene rings is 2. The third kappa shape index (κ3) is 4.78. The smallest absolute Gasteiger partial charge is 0.347 e. The molecular weight excluding hydrogens is 415 g/mol. The van der Waals surface area contributed by atoms with E-state index >= 15 is 0 Å². The highest BCUT2D eigenvalue weighted by Crippen LogP contribution is 2.29. The van der Waals surface area contributed by atoms with Crippen molar-refractivity contribution in [1.29, 1.82) is 0 Å². The van der Waals surface area contributed by atoms with Crippen LogP contribution in [-0.2, 0) is 19.3 Å². The first kappa shape index (κ1) is 22.5. The molecule has 0 fully saturated rings. The van der Waals surface area contributed by atoms with Crippen molar-refractivity contribution in [2.45, 2.75) is 40.0 Å². The first-order chi connectivity index (χ1) is 14.5. The van der Waals surface area contributed by atoms with Crippen molar-refractivity contribution < 1.29 is 26.7 Å². The third-order valence-electron chi connectivity index (χ3n) is 5.38. The van der Waals surface area contributed by atoms with Crippen LogP contribution in [0.3, 0.4) is 0 Å². The fourth-order valence-corrected chi connectivity index (χ4v) is 3.46. The molecule has 0 aliphatic carbocycles. The third-order valence-corrected chi connectivity index (χ3v) is 5.38. The number of amides is 1. The summed E-state index contributed by atoms with van der Waals surface area (Å²) in [6.07, 6.45) is -4.47. The van der Waals surface area contributed by atoms with Gasteiger partial charge in [-0.3, -0.25) is 4.79 Å². The van der Waals surface area contributed by atoms with Crippen LogP contribution in [0.5, 0.6) is 0 Å². The number of rotatable bonds is 5. The highest BCUT2D eigenvalue weighted by Gasteiger charge is 2.30. The number of nitrogens with one attached hydrogen (secondary N) is 1. The van der Waals surface area contributed by atoms with Gasteiger partial charge in [-0.25, -0.2) is 8.78 Å². The van der Waals surface area contributed by atoms with Crippen molar-refractivity contribution in [3.63, 3.8) is 0 Å². The fourth-order valence-electron chi connectivity index (χ4n) is 3.46. The molecule has 0 aliphatic rings. The Morgan fingerprint density at radius 2 is 1.65 bits per heavy atom. The summed E-state index contributed by atoms with van der Waals surface area (Å²) in [5, 5.41) is 2.66. The molecule has 0 unspecified atom stereocenters. The number of carbonyl (C=O) groups excluding carboxylic acids is 1. The van der Waals surface area contributed by atoms with Gasteiger partial charge in [0.15, 0.2) is 11.6 Å². The number of hydrogen-bond donors (Lipinski definition) is 1. The van der Waals surface area contributed by atoms with E-state index in [-0.39, 0.29) is 13.1 Å². The molecule has 3 nitrogen and oxygen atoms in total. The molecule has 3 aromatic rings. The molecule has 31 heavy (non-hydrogen) atoms. The molecule has 1 amide bonds. The Bertz CT molecular complexity index is 1130. The van der Waals surface area contributed by atoms with E-state index in [4.69, 9.17) is 0 Å². The molecule has 2 aromatic carbocycles. The standard InChI is InChI=1S/C23H21F5N2O/c1-13-14(2)21(30(15(13)3)12-17-7-8-19(24)20(25)10-17)22(31)29-11-16-5-4-6-18(9-16)23(26,27)28/h4-10H,11-12H2,1-3H3,(H,29,31). The molecule has 0 saturated heterocycles. The van der Waals surface area contributed by atoms with Crippen LogP contribution in [-0.4, -0.2) is 10.5 Å². The Morgan fingerprint density at radius 3 is 2.29 bits per heavy atom. The second kappa shape index (κ2) is 8.53. The van der Waals surface area contributed by atoms with E-state index in [9.17, 15) is 26.7 Å². The van der Waals surface area contributed by atoms with Gasteiger partial charge in [0.05, 0.1) is 5.56 Å². The Morgan fingerprint density at radius 1 is 0.935 bits per heavy atom. The molecule has 164 valence electrons. The van der Waals surface area contributed by atoms with Crippen molar-refractivity contribution in [2.75, 3.05) is 0 Å². The Balaban J connectivity index is 1.86. The second-order valence-corrected chi connectivity index (χ2v) is 7.40. The molecule has 0 aliphatic heterocycles. The molecule has 0 atom stereocenters. The van der Waals surface area contributed by atoms with Crippen molar-refractivity contribution in [2.24, 2.45) is 0 Å². The molecule has 0 radical (unpaired) electrons. The molecule has 1 heterocycles. The van der Waals surface area contributed by atoms with Gasteiger partial charge in [-0.05, 0) is 67.3 Å². The number of halogens is 5. The summed E-state index contributed by atoms with van der Waals surface area (Å²) in [4.78, 5) is 12.9. The maximum atomic E-state index is 13.6. The van der Waals surface area contributed by atoms with E-state index in [0.29, 0.717) is 22.4 Å². The fraction of sp³-hybridized carbons (Fsp3) is 0.261. The van der Waals surface area contributed by atoms with E-state index in [2.05, 4.69) is 5.32 Å².